The van der Waals surface area contributed by atoms with E-state index in [9.17, 15) is 0 Å². The zero-order valence-electron chi connectivity index (χ0n) is 19.2. The summed E-state index contributed by atoms with van der Waals surface area (Å²) in [7, 11) is -1.19. The molecule has 156 valence electrons. The zero-order chi connectivity index (χ0) is 19.2. The summed E-state index contributed by atoms with van der Waals surface area (Å²) < 4.78 is 0. The fourth-order valence-electron chi connectivity index (χ4n) is 9.35. The topological polar surface area (TPSA) is 0 Å². The number of rotatable bonds is 5. The molecule has 0 aromatic carbocycles. The minimum absolute atomic E-state index is 0.987. The predicted octanol–water partition coefficient (Wildman–Crippen LogP) is 8.54. The van der Waals surface area contributed by atoms with E-state index < -0.39 is 8.07 Å². The minimum atomic E-state index is -1.19. The third-order valence-corrected chi connectivity index (χ3v) is 15.9. The van der Waals surface area contributed by atoms with Crippen LogP contribution in [0.2, 0.25) is 24.2 Å². The van der Waals surface area contributed by atoms with E-state index in [2.05, 4.69) is 33.9 Å². The van der Waals surface area contributed by atoms with E-state index in [1.165, 1.54) is 32.1 Å². The molecule has 4 rings (SSSR count). The molecule has 0 heterocycles. The maximum absolute atomic E-state index is 2.88. The highest BCUT2D eigenvalue weighted by Gasteiger charge is 2.56. The highest BCUT2D eigenvalue weighted by atomic mass is 28.3. The van der Waals surface area contributed by atoms with Crippen molar-refractivity contribution in [2.45, 2.75) is 122 Å². The summed E-state index contributed by atoms with van der Waals surface area (Å²) in [4.78, 5) is 0. The first-order chi connectivity index (χ1) is 12.9. The highest BCUT2D eigenvalue weighted by Crippen LogP contribution is 2.64. The van der Waals surface area contributed by atoms with Gasteiger partial charge in [0.25, 0.3) is 0 Å². The molecule has 0 amide bonds. The van der Waals surface area contributed by atoms with E-state index in [1.54, 1.807) is 44.9 Å². The maximum atomic E-state index is 2.88. The molecule has 0 spiro atoms. The van der Waals surface area contributed by atoms with E-state index in [0.717, 1.165) is 52.5 Å². The van der Waals surface area contributed by atoms with E-state index in [-0.39, 0.29) is 0 Å². The quantitative estimate of drug-likeness (QED) is 0.414. The van der Waals surface area contributed by atoms with Gasteiger partial charge in [-0.25, -0.2) is 0 Å². The summed E-state index contributed by atoms with van der Waals surface area (Å²) in [6, 6.07) is 0. The van der Waals surface area contributed by atoms with Gasteiger partial charge < -0.3 is 0 Å². The maximum Gasteiger partial charge on any atom is 0.0541 e. The molecule has 0 aromatic heterocycles. The lowest BCUT2D eigenvalue weighted by Crippen LogP contribution is -2.43. The van der Waals surface area contributed by atoms with Gasteiger partial charge in [-0.1, -0.05) is 91.7 Å². The summed E-state index contributed by atoms with van der Waals surface area (Å²) in [6.45, 7) is 13.4. The lowest BCUT2D eigenvalue weighted by atomic mass is 9.73. The van der Waals surface area contributed by atoms with Crippen molar-refractivity contribution >= 4 is 8.07 Å². The Bertz CT molecular complexity index is 496. The number of hydrogen-bond acceptors (Lipinski definition) is 0. The Labute approximate surface area is 171 Å². The summed E-state index contributed by atoms with van der Waals surface area (Å²) in [5.41, 5.74) is 2.33. The van der Waals surface area contributed by atoms with E-state index >= 15 is 0 Å². The fraction of sp³-hybridized carbons (Fsp3) is 1.00. The summed E-state index contributed by atoms with van der Waals surface area (Å²) in [6.07, 6.45) is 18.6. The molecule has 9 atom stereocenters. The van der Waals surface area contributed by atoms with Crippen molar-refractivity contribution in [2.24, 2.45) is 41.4 Å². The lowest BCUT2D eigenvalue weighted by Gasteiger charge is -2.45. The molecule has 0 aromatic rings. The second-order valence-corrected chi connectivity index (χ2v) is 17.3. The Hall–Kier alpha value is 0.217. The van der Waals surface area contributed by atoms with Crippen LogP contribution in [0.5, 0.6) is 0 Å². The van der Waals surface area contributed by atoms with Crippen LogP contribution in [0.1, 0.15) is 97.8 Å². The molecule has 0 radical (unpaired) electrons. The molecule has 4 aliphatic rings. The van der Waals surface area contributed by atoms with Crippen molar-refractivity contribution in [3.8, 4) is 0 Å². The number of hydrogen-bond donors (Lipinski definition) is 0. The van der Waals surface area contributed by atoms with Gasteiger partial charge in [0.2, 0.25) is 0 Å². The minimum Gasteiger partial charge on any atom is -0.0689 e. The van der Waals surface area contributed by atoms with Crippen LogP contribution in [0.3, 0.4) is 0 Å². The van der Waals surface area contributed by atoms with E-state index in [4.69, 9.17) is 0 Å². The van der Waals surface area contributed by atoms with Crippen LogP contribution >= 0.6 is 0 Å². The Morgan fingerprint density at radius 3 is 2.19 bits per heavy atom. The van der Waals surface area contributed by atoms with Crippen molar-refractivity contribution in [3.05, 3.63) is 0 Å². The monoisotopic (exact) mass is 388 g/mol. The Morgan fingerprint density at radius 1 is 0.778 bits per heavy atom. The van der Waals surface area contributed by atoms with E-state index in [1.807, 2.05) is 0 Å². The van der Waals surface area contributed by atoms with Crippen LogP contribution in [0.15, 0.2) is 0 Å². The predicted molar refractivity (Wildman–Crippen MR) is 122 cm³/mol. The molecule has 0 N–H and O–H groups in total. The van der Waals surface area contributed by atoms with Crippen molar-refractivity contribution < 1.29 is 0 Å². The van der Waals surface area contributed by atoms with Gasteiger partial charge in [0, 0.05) is 0 Å². The second-order valence-electron chi connectivity index (χ2n) is 12.1. The molecule has 4 aliphatic carbocycles. The van der Waals surface area contributed by atoms with Gasteiger partial charge in [0.15, 0.2) is 0 Å². The van der Waals surface area contributed by atoms with E-state index in [0.29, 0.717) is 0 Å². The lowest BCUT2D eigenvalue weighted by molar-refractivity contribution is 0.179. The second kappa shape index (κ2) is 8.15. The first-order valence-electron chi connectivity index (χ1n) is 12.9. The van der Waals surface area contributed by atoms with Crippen LogP contribution in [0, 0.1) is 41.4 Å². The molecule has 0 nitrogen and oxygen atoms in total. The van der Waals surface area contributed by atoms with Crippen LogP contribution in [0.4, 0.5) is 0 Å². The Morgan fingerprint density at radius 2 is 1.44 bits per heavy atom. The average Bonchev–Trinajstić information content (AvgIpc) is 3.25. The molecule has 27 heavy (non-hydrogen) atoms. The third-order valence-electron chi connectivity index (χ3n) is 10.7. The molecule has 4 saturated carbocycles. The van der Waals surface area contributed by atoms with Gasteiger partial charge >= 0.3 is 0 Å². The standard InChI is InChI=1S/C26H48Si/c1-6-10-18(2)24-17-26(23-13-8-7-12-21(23)24)27(4,5)25-16-15-20-19(3)11-9-14-22(20)25/h18-26H,6-17H2,1-5H3/t18-,19?,20?,21?,22?,23?,24?,25?,26?/m1/s1. The van der Waals surface area contributed by atoms with Gasteiger partial charge in [0.1, 0.15) is 0 Å². The molecule has 8 unspecified atom stereocenters. The SMILES string of the molecule is CCC[C@@H](C)C1CC([Si](C)(C)C2CCC3C(C)CCCC32)C2CCCCC21. The summed E-state index contributed by atoms with van der Waals surface area (Å²) >= 11 is 0. The Kier molecular flexibility index (Phi) is 6.19. The van der Waals surface area contributed by atoms with Crippen LogP contribution in [-0.4, -0.2) is 8.07 Å². The van der Waals surface area contributed by atoms with Crippen LogP contribution in [-0.2, 0) is 0 Å². The average molecular weight is 389 g/mol. The molecule has 0 aliphatic heterocycles. The normalized spacial score (nSPS) is 46.1. The molecular formula is C26H48Si. The zero-order valence-corrected chi connectivity index (χ0v) is 20.2. The molecule has 0 bridgehead atoms. The van der Waals surface area contributed by atoms with Gasteiger partial charge in [-0.05, 0) is 71.8 Å². The first-order valence-corrected chi connectivity index (χ1v) is 16.1. The van der Waals surface area contributed by atoms with Gasteiger partial charge in [-0.3, -0.25) is 0 Å². The van der Waals surface area contributed by atoms with Crippen molar-refractivity contribution in [1.82, 2.24) is 0 Å². The van der Waals surface area contributed by atoms with Gasteiger partial charge in [-0.15, -0.1) is 0 Å². The third kappa shape index (κ3) is 3.61. The molecule has 0 saturated heterocycles. The fourth-order valence-corrected chi connectivity index (χ4v) is 14.7. The molecule has 1 heteroatoms. The van der Waals surface area contributed by atoms with Crippen molar-refractivity contribution in [3.63, 3.8) is 0 Å². The van der Waals surface area contributed by atoms with Gasteiger partial charge in [0.05, 0.1) is 8.07 Å². The smallest absolute Gasteiger partial charge is 0.0541 e. The Balaban J connectivity index is 1.55. The molecule has 4 fully saturated rings. The van der Waals surface area contributed by atoms with Crippen LogP contribution < -0.4 is 0 Å². The van der Waals surface area contributed by atoms with Gasteiger partial charge in [-0.2, -0.15) is 0 Å². The molecular weight excluding hydrogens is 340 g/mol. The summed E-state index contributed by atoms with van der Waals surface area (Å²) in [5, 5.41) is 0. The number of fused-ring (bicyclic) bond motifs is 2. The highest BCUT2D eigenvalue weighted by molar-refractivity contribution is 6.80. The van der Waals surface area contributed by atoms with Crippen LogP contribution in [0.25, 0.3) is 0 Å². The van der Waals surface area contributed by atoms with Crippen molar-refractivity contribution in [2.75, 3.05) is 0 Å². The first kappa shape index (κ1) is 20.5. The summed E-state index contributed by atoms with van der Waals surface area (Å²) in [5.74, 6) is 7.57. The van der Waals surface area contributed by atoms with Crippen molar-refractivity contribution in [1.29, 1.82) is 0 Å². The largest absolute Gasteiger partial charge is 0.0689 e.